The molecule has 276 valence electrons. The van der Waals surface area contributed by atoms with Gasteiger partial charge in [0.2, 0.25) is 17.7 Å². The zero-order valence-electron chi connectivity index (χ0n) is 28.8. The molecule has 53 heavy (non-hydrogen) atoms. The molecular formula is C37H37Cl2FN8O5. The van der Waals surface area contributed by atoms with Crippen LogP contribution in [0, 0.1) is 5.82 Å². The average molecular weight is 764 g/mol. The first-order valence-electron chi connectivity index (χ1n) is 17.4. The van der Waals surface area contributed by atoms with E-state index >= 15 is 0 Å². The second-order valence-corrected chi connectivity index (χ2v) is 14.2. The number of amides is 4. The Balaban J connectivity index is 0.912. The number of pyridine rings is 1. The number of likely N-dealkylation sites (tertiary alicyclic amines) is 1. The second kappa shape index (κ2) is 15.1. The number of hydrogen-bond donors (Lipinski definition) is 3. The molecule has 0 saturated carbocycles. The number of fused-ring (bicyclic) bond motifs is 1. The number of carbonyl (C=O) groups is 4. The highest BCUT2D eigenvalue weighted by Crippen LogP contribution is 2.37. The van der Waals surface area contributed by atoms with E-state index in [-0.39, 0.29) is 65.4 Å². The number of carbonyl (C=O) groups excluding carboxylic acids is 4. The van der Waals surface area contributed by atoms with Crippen molar-refractivity contribution in [3.8, 4) is 16.9 Å². The van der Waals surface area contributed by atoms with Crippen LogP contribution >= 0.6 is 23.2 Å². The Kier molecular flexibility index (Phi) is 10.4. The van der Waals surface area contributed by atoms with Gasteiger partial charge in [-0.15, -0.1) is 0 Å². The number of piperidine rings is 2. The number of nitrogens with zero attached hydrogens (tertiary/aromatic N) is 5. The molecule has 2 aromatic heterocycles. The Hall–Kier alpha value is -5.05. The SMILES string of the molecule is C[C@@H](Oc1cc(-c2cnn(C3CCN(CCC(=O)Nc4cccc5c4CN(C4CCC(=O)NC4=O)C5=O)CC3)c2)cnc1N)c1c(Cl)ccc(F)c1Cl. The second-order valence-electron chi connectivity index (χ2n) is 13.4. The molecule has 5 heterocycles. The van der Waals surface area contributed by atoms with Crippen LogP contribution in [-0.2, 0) is 20.9 Å². The van der Waals surface area contributed by atoms with E-state index in [2.05, 4.69) is 25.6 Å². The van der Waals surface area contributed by atoms with Crippen molar-refractivity contribution in [2.75, 3.05) is 30.7 Å². The summed E-state index contributed by atoms with van der Waals surface area (Å²) in [5, 5.41) is 10.1. The largest absolute Gasteiger partial charge is 0.482 e. The van der Waals surface area contributed by atoms with E-state index in [1.54, 1.807) is 43.6 Å². The highest BCUT2D eigenvalue weighted by atomic mass is 35.5. The summed E-state index contributed by atoms with van der Waals surface area (Å²) in [5.74, 6) is -1.40. The van der Waals surface area contributed by atoms with Crippen molar-refractivity contribution >= 4 is 58.3 Å². The van der Waals surface area contributed by atoms with E-state index in [1.807, 2.05) is 10.9 Å². The molecule has 2 aromatic carbocycles. The fraction of sp³-hybridized carbons (Fsp3) is 0.351. The van der Waals surface area contributed by atoms with Crippen LogP contribution < -0.4 is 21.1 Å². The maximum atomic E-state index is 14.1. The van der Waals surface area contributed by atoms with Crippen molar-refractivity contribution in [1.82, 2.24) is 29.9 Å². The van der Waals surface area contributed by atoms with E-state index < -0.39 is 23.9 Å². The number of nitrogens with two attached hydrogens (primary N) is 1. The van der Waals surface area contributed by atoms with Crippen LogP contribution in [-0.4, -0.2) is 73.9 Å². The summed E-state index contributed by atoms with van der Waals surface area (Å²) >= 11 is 12.5. The van der Waals surface area contributed by atoms with Crippen molar-refractivity contribution in [2.24, 2.45) is 0 Å². The maximum absolute atomic E-state index is 14.1. The normalized spacial score (nSPS) is 18.5. The van der Waals surface area contributed by atoms with E-state index in [4.69, 9.17) is 33.7 Å². The van der Waals surface area contributed by atoms with Gasteiger partial charge in [0, 0.05) is 89.9 Å². The van der Waals surface area contributed by atoms with Crippen LogP contribution in [0.25, 0.3) is 11.1 Å². The monoisotopic (exact) mass is 762 g/mol. The summed E-state index contributed by atoms with van der Waals surface area (Å²) in [5.41, 5.74) is 9.67. The van der Waals surface area contributed by atoms with E-state index in [9.17, 15) is 23.6 Å². The molecule has 1 unspecified atom stereocenters. The molecule has 4 aromatic rings. The lowest BCUT2D eigenvalue weighted by molar-refractivity contribution is -0.137. The van der Waals surface area contributed by atoms with Crippen LogP contribution in [0.2, 0.25) is 10.0 Å². The van der Waals surface area contributed by atoms with Gasteiger partial charge in [0.25, 0.3) is 5.91 Å². The van der Waals surface area contributed by atoms with Gasteiger partial charge in [-0.05, 0) is 56.5 Å². The molecular weight excluding hydrogens is 726 g/mol. The minimum absolute atomic E-state index is 0.112. The number of halogens is 3. The van der Waals surface area contributed by atoms with Crippen molar-refractivity contribution < 1.29 is 28.3 Å². The molecule has 13 nitrogen and oxygen atoms in total. The van der Waals surface area contributed by atoms with E-state index in [0.717, 1.165) is 37.1 Å². The van der Waals surface area contributed by atoms with Crippen LogP contribution in [0.4, 0.5) is 15.9 Å². The van der Waals surface area contributed by atoms with Crippen LogP contribution in [0.15, 0.2) is 55.0 Å². The van der Waals surface area contributed by atoms with Crippen molar-refractivity contribution in [1.29, 1.82) is 0 Å². The van der Waals surface area contributed by atoms with Gasteiger partial charge >= 0.3 is 0 Å². The van der Waals surface area contributed by atoms with Gasteiger partial charge in [-0.25, -0.2) is 9.37 Å². The summed E-state index contributed by atoms with van der Waals surface area (Å²) in [6, 6.07) is 8.98. The first-order chi connectivity index (χ1) is 25.5. The maximum Gasteiger partial charge on any atom is 0.255 e. The number of nitrogens with one attached hydrogen (secondary N) is 2. The minimum atomic E-state index is -0.723. The minimum Gasteiger partial charge on any atom is -0.482 e. The zero-order chi connectivity index (χ0) is 37.4. The summed E-state index contributed by atoms with van der Waals surface area (Å²) in [7, 11) is 0. The number of aromatic nitrogens is 3. The van der Waals surface area contributed by atoms with E-state index in [0.29, 0.717) is 34.7 Å². The molecule has 0 bridgehead atoms. The molecule has 16 heteroatoms. The Bertz CT molecular complexity index is 2100. The molecule has 0 spiro atoms. The Morgan fingerprint density at radius 1 is 1.11 bits per heavy atom. The smallest absolute Gasteiger partial charge is 0.255 e. The number of rotatable bonds is 10. The van der Waals surface area contributed by atoms with Gasteiger partial charge in [0.15, 0.2) is 11.6 Å². The first kappa shape index (κ1) is 36.3. The lowest BCUT2D eigenvalue weighted by Crippen LogP contribution is -2.52. The molecule has 4 N–H and O–H groups in total. The quantitative estimate of drug-likeness (QED) is 0.139. The number of ether oxygens (including phenoxy) is 1. The average Bonchev–Trinajstić information content (AvgIpc) is 3.76. The van der Waals surface area contributed by atoms with Crippen molar-refractivity contribution in [3.05, 3.63) is 87.5 Å². The summed E-state index contributed by atoms with van der Waals surface area (Å²) < 4.78 is 22.1. The highest BCUT2D eigenvalue weighted by molar-refractivity contribution is 6.36. The third-order valence-corrected chi connectivity index (χ3v) is 10.8. The highest BCUT2D eigenvalue weighted by Gasteiger charge is 2.40. The van der Waals surface area contributed by atoms with Gasteiger partial charge in [-0.3, -0.25) is 29.2 Å². The molecule has 2 saturated heterocycles. The van der Waals surface area contributed by atoms with Crippen molar-refractivity contribution in [3.63, 3.8) is 0 Å². The standard InChI is InChI=1S/C37H37Cl2FN8O5/c1-20(33-26(38)5-6-27(40)34(33)39)53-30-15-21(16-42-35(30)41)22-17-43-48(18-22)23-9-12-46(13-10-23)14-11-32(50)44-28-4-2-3-24-25(28)19-47(37(24)52)29-7-8-31(49)45-36(29)51/h2-6,15-18,20,23,29H,7-14,19H2,1H3,(H2,41,42)(H,44,50)(H,45,49,51)/t20-,29?/m1/s1. The van der Waals surface area contributed by atoms with Gasteiger partial charge in [0.1, 0.15) is 18.0 Å². The molecule has 7 rings (SSSR count). The van der Waals surface area contributed by atoms with Gasteiger partial charge in [-0.2, -0.15) is 5.10 Å². The lowest BCUT2D eigenvalue weighted by Gasteiger charge is -2.31. The Morgan fingerprint density at radius 2 is 1.91 bits per heavy atom. The fourth-order valence-corrected chi connectivity index (χ4v) is 7.82. The number of benzene rings is 2. The molecule has 0 aliphatic carbocycles. The first-order valence-corrected chi connectivity index (χ1v) is 18.1. The van der Waals surface area contributed by atoms with Crippen molar-refractivity contribution in [2.45, 2.75) is 63.8 Å². The predicted octanol–water partition coefficient (Wildman–Crippen LogP) is 5.54. The molecule has 2 fully saturated rings. The molecule has 3 aliphatic rings. The molecule has 4 amide bonds. The van der Waals surface area contributed by atoms with Gasteiger partial charge in [0.05, 0.1) is 17.3 Å². The summed E-state index contributed by atoms with van der Waals surface area (Å²) in [6.45, 7) is 4.03. The third kappa shape index (κ3) is 7.57. The van der Waals surface area contributed by atoms with Crippen LogP contribution in [0.1, 0.15) is 72.7 Å². The van der Waals surface area contributed by atoms with Gasteiger partial charge < -0.3 is 25.6 Å². The summed E-state index contributed by atoms with van der Waals surface area (Å²) in [6.07, 6.45) is 7.05. The van der Waals surface area contributed by atoms with Crippen LogP contribution in [0.3, 0.4) is 0 Å². The topological polar surface area (TPSA) is 165 Å². The molecule has 2 atom stereocenters. The van der Waals surface area contributed by atoms with Gasteiger partial charge in [-0.1, -0.05) is 29.3 Å². The van der Waals surface area contributed by atoms with E-state index in [1.165, 1.54) is 17.0 Å². The fourth-order valence-electron chi connectivity index (χ4n) is 7.14. The number of nitrogen functional groups attached to an aromatic ring is 1. The number of hydrogen-bond acceptors (Lipinski definition) is 9. The lowest BCUT2D eigenvalue weighted by atomic mass is 10.0. The predicted molar refractivity (Wildman–Crippen MR) is 196 cm³/mol. The summed E-state index contributed by atoms with van der Waals surface area (Å²) in [4.78, 5) is 58.2. The Labute approximate surface area is 314 Å². The zero-order valence-corrected chi connectivity index (χ0v) is 30.3. The number of imide groups is 1. The van der Waals surface area contributed by atoms with Crippen LogP contribution in [0.5, 0.6) is 5.75 Å². The number of anilines is 2. The third-order valence-electron chi connectivity index (χ3n) is 10.0. The molecule has 3 aliphatic heterocycles. The Morgan fingerprint density at radius 3 is 2.68 bits per heavy atom. The molecule has 0 radical (unpaired) electrons.